The second-order valence-electron chi connectivity index (χ2n) is 6.53. The van der Waals surface area contributed by atoms with Crippen molar-refractivity contribution in [3.8, 4) is 6.07 Å². The first kappa shape index (κ1) is 22.0. The number of carbonyl (C=O) groups excluding carboxylic acids is 1. The van der Waals surface area contributed by atoms with E-state index in [-0.39, 0.29) is 16.6 Å². The third-order valence-corrected chi connectivity index (χ3v) is 6.37. The summed E-state index contributed by atoms with van der Waals surface area (Å²) in [5.41, 5.74) is 1.53. The van der Waals surface area contributed by atoms with Gasteiger partial charge in [0.05, 0.1) is 16.7 Å². The topological polar surface area (TPSA) is 99.9 Å². The number of nitriles is 1. The minimum absolute atomic E-state index is 0.170. The highest BCUT2D eigenvalue weighted by Gasteiger charge is 2.22. The van der Waals surface area contributed by atoms with E-state index in [1.807, 2.05) is 32.2 Å². The molecule has 0 saturated carbocycles. The Kier molecular flexibility index (Phi) is 7.63. The van der Waals surface area contributed by atoms with Gasteiger partial charge in [0.2, 0.25) is 10.0 Å². The van der Waals surface area contributed by atoms with Gasteiger partial charge in [-0.05, 0) is 36.1 Å². The van der Waals surface area contributed by atoms with Crippen molar-refractivity contribution in [3.63, 3.8) is 0 Å². The first-order chi connectivity index (χ1) is 13.3. The molecule has 0 amide bonds. The van der Waals surface area contributed by atoms with E-state index >= 15 is 0 Å². The van der Waals surface area contributed by atoms with Gasteiger partial charge in [-0.2, -0.15) is 5.26 Å². The summed E-state index contributed by atoms with van der Waals surface area (Å²) in [5.74, 6) is -1.06. The predicted octanol–water partition coefficient (Wildman–Crippen LogP) is 3.84. The first-order valence-corrected chi connectivity index (χ1v) is 11.3. The van der Waals surface area contributed by atoms with Crippen LogP contribution >= 0.6 is 11.3 Å². The minimum Gasteiger partial charge on any atom is -0.293 e. The molecule has 0 aliphatic rings. The van der Waals surface area contributed by atoms with Crippen molar-refractivity contribution >= 4 is 33.2 Å². The van der Waals surface area contributed by atoms with Crippen LogP contribution in [0.3, 0.4) is 0 Å². The molecule has 8 heteroatoms. The Labute approximate surface area is 170 Å². The largest absolute Gasteiger partial charge is 0.293 e. The predicted molar refractivity (Wildman–Crippen MR) is 111 cm³/mol. The molecule has 0 aliphatic carbocycles. The zero-order valence-corrected chi connectivity index (χ0v) is 17.7. The van der Waals surface area contributed by atoms with Gasteiger partial charge < -0.3 is 0 Å². The van der Waals surface area contributed by atoms with Crippen LogP contribution in [0.15, 0.2) is 40.6 Å². The van der Waals surface area contributed by atoms with Gasteiger partial charge in [0.1, 0.15) is 5.01 Å². The Morgan fingerprint density at radius 3 is 2.54 bits per heavy atom. The number of sulfonamides is 1. The van der Waals surface area contributed by atoms with Gasteiger partial charge in [-0.3, -0.25) is 4.79 Å². The van der Waals surface area contributed by atoms with E-state index < -0.39 is 15.9 Å². The number of nitrogens with one attached hydrogen (secondary N) is 1. The fraction of sp³-hybridized carbons (Fsp3) is 0.350. The Morgan fingerprint density at radius 2 is 2.00 bits per heavy atom. The lowest BCUT2D eigenvalue weighted by atomic mass is 10.1. The van der Waals surface area contributed by atoms with Crippen LogP contribution in [0.2, 0.25) is 0 Å². The molecule has 2 rings (SSSR count). The third-order valence-electron chi connectivity index (χ3n) is 3.96. The zero-order valence-electron chi connectivity index (χ0n) is 16.0. The number of thiazole rings is 1. The average Bonchev–Trinajstić information content (AvgIpc) is 3.16. The molecule has 1 aromatic heterocycles. The summed E-state index contributed by atoms with van der Waals surface area (Å²) < 4.78 is 26.7. The van der Waals surface area contributed by atoms with Crippen LogP contribution in [0.25, 0.3) is 6.08 Å². The van der Waals surface area contributed by atoms with Gasteiger partial charge in [0.15, 0.2) is 11.7 Å². The summed E-state index contributed by atoms with van der Waals surface area (Å²) in [6.07, 6.45) is 3.61. The molecule has 0 fully saturated rings. The lowest BCUT2D eigenvalue weighted by Gasteiger charge is -2.05. The quantitative estimate of drug-likeness (QED) is 0.625. The molecule has 0 spiro atoms. The Balaban J connectivity index is 2.11. The SMILES string of the molecule is CCCNS(=O)(=O)c1ccc(C=CC(=O)C(C#N)c2nc(C(C)C)cs2)cc1. The highest BCUT2D eigenvalue weighted by molar-refractivity contribution is 7.89. The van der Waals surface area contributed by atoms with Crippen LogP contribution in [0.1, 0.15) is 55.3 Å². The van der Waals surface area contributed by atoms with Crippen molar-refractivity contribution < 1.29 is 13.2 Å². The molecular weight excluding hydrogens is 394 g/mol. The molecule has 1 heterocycles. The van der Waals surface area contributed by atoms with Crippen molar-refractivity contribution in [1.82, 2.24) is 9.71 Å². The smallest absolute Gasteiger partial charge is 0.240 e. The molecule has 1 unspecified atom stereocenters. The van der Waals surface area contributed by atoms with Crippen molar-refractivity contribution in [2.45, 2.75) is 43.9 Å². The normalized spacial score (nSPS) is 13.0. The zero-order chi connectivity index (χ0) is 20.7. The maximum absolute atomic E-state index is 12.4. The number of ketones is 1. The third kappa shape index (κ3) is 5.58. The maximum atomic E-state index is 12.4. The Bertz CT molecular complexity index is 984. The highest BCUT2D eigenvalue weighted by atomic mass is 32.2. The number of allylic oxidation sites excluding steroid dienone is 1. The van der Waals surface area contributed by atoms with Crippen LogP contribution in [0, 0.1) is 11.3 Å². The van der Waals surface area contributed by atoms with Crippen LogP contribution in [0.4, 0.5) is 0 Å². The van der Waals surface area contributed by atoms with Gasteiger partial charge in [-0.15, -0.1) is 11.3 Å². The van der Waals surface area contributed by atoms with Crippen molar-refractivity contribution in [1.29, 1.82) is 5.26 Å². The number of carbonyl (C=O) groups is 1. The van der Waals surface area contributed by atoms with Crippen LogP contribution in [0.5, 0.6) is 0 Å². The number of aromatic nitrogens is 1. The molecule has 6 nitrogen and oxygen atoms in total. The lowest BCUT2D eigenvalue weighted by molar-refractivity contribution is -0.114. The van der Waals surface area contributed by atoms with E-state index in [4.69, 9.17) is 0 Å². The Morgan fingerprint density at radius 1 is 1.32 bits per heavy atom. The van der Waals surface area contributed by atoms with E-state index in [1.54, 1.807) is 18.2 Å². The molecule has 0 aliphatic heterocycles. The van der Waals surface area contributed by atoms with E-state index in [0.29, 0.717) is 23.5 Å². The summed E-state index contributed by atoms with van der Waals surface area (Å²) in [4.78, 5) is 17.0. The highest BCUT2D eigenvalue weighted by Crippen LogP contribution is 2.25. The lowest BCUT2D eigenvalue weighted by Crippen LogP contribution is -2.24. The average molecular weight is 418 g/mol. The molecule has 1 N–H and O–H groups in total. The molecular formula is C20H23N3O3S2. The molecule has 0 radical (unpaired) electrons. The van der Waals surface area contributed by atoms with Gasteiger partial charge in [-0.25, -0.2) is 18.1 Å². The summed E-state index contributed by atoms with van der Waals surface area (Å²) in [7, 11) is -3.52. The van der Waals surface area contributed by atoms with Crippen molar-refractivity contribution in [2.75, 3.05) is 6.54 Å². The molecule has 0 bridgehead atoms. The van der Waals surface area contributed by atoms with Gasteiger partial charge in [0, 0.05) is 11.9 Å². The maximum Gasteiger partial charge on any atom is 0.240 e. The fourth-order valence-corrected chi connectivity index (χ4v) is 4.45. The first-order valence-electron chi connectivity index (χ1n) is 8.95. The second-order valence-corrected chi connectivity index (χ2v) is 9.19. The molecule has 1 aromatic carbocycles. The summed E-state index contributed by atoms with van der Waals surface area (Å²) >= 11 is 1.31. The van der Waals surface area contributed by atoms with Crippen LogP contribution < -0.4 is 4.72 Å². The number of benzene rings is 1. The number of nitrogens with zero attached hydrogens (tertiary/aromatic N) is 2. The van der Waals surface area contributed by atoms with Gasteiger partial charge in [0.25, 0.3) is 0 Å². The summed E-state index contributed by atoms with van der Waals surface area (Å²) in [5, 5.41) is 11.7. The summed E-state index contributed by atoms with van der Waals surface area (Å²) in [6.45, 7) is 6.27. The second kappa shape index (κ2) is 9.73. The van der Waals surface area contributed by atoms with Crippen LogP contribution in [-0.2, 0) is 14.8 Å². The molecule has 2 aromatic rings. The van der Waals surface area contributed by atoms with E-state index in [2.05, 4.69) is 9.71 Å². The van der Waals surface area contributed by atoms with E-state index in [1.165, 1.54) is 29.5 Å². The van der Waals surface area contributed by atoms with E-state index in [9.17, 15) is 18.5 Å². The van der Waals surface area contributed by atoms with Crippen molar-refractivity contribution in [2.24, 2.45) is 0 Å². The van der Waals surface area contributed by atoms with Crippen molar-refractivity contribution in [3.05, 3.63) is 52.0 Å². The molecule has 28 heavy (non-hydrogen) atoms. The fourth-order valence-electron chi connectivity index (χ4n) is 2.29. The molecule has 0 saturated heterocycles. The molecule has 148 valence electrons. The monoisotopic (exact) mass is 417 g/mol. The number of hydrogen-bond donors (Lipinski definition) is 1. The Hall–Kier alpha value is -2.34. The van der Waals surface area contributed by atoms with E-state index in [0.717, 1.165) is 5.69 Å². The standard InChI is InChI=1S/C20H23N3O3S2/c1-4-11-22-28(25,26)16-8-5-15(6-9-16)7-10-19(24)17(12-21)20-23-18(13-27-20)14(2)3/h5-10,13-14,17,22H,4,11H2,1-3H3. The number of hydrogen-bond acceptors (Lipinski definition) is 6. The van der Waals surface area contributed by atoms with Crippen LogP contribution in [-0.4, -0.2) is 25.7 Å². The van der Waals surface area contributed by atoms with Gasteiger partial charge >= 0.3 is 0 Å². The molecule has 1 atom stereocenters. The van der Waals surface area contributed by atoms with Gasteiger partial charge in [-0.1, -0.05) is 39.0 Å². The summed E-state index contributed by atoms with van der Waals surface area (Å²) in [6, 6.07) is 8.22. The minimum atomic E-state index is -3.52. The number of rotatable bonds is 9.